The zero-order chi connectivity index (χ0) is 15.1. The molecule has 1 saturated carbocycles. The number of amides is 1. The molecule has 0 spiro atoms. The molecule has 2 aliphatic rings. The number of carbonyl (C=O) groups is 1. The summed E-state index contributed by atoms with van der Waals surface area (Å²) in [4.78, 5) is 14.7. The van der Waals surface area contributed by atoms with Gasteiger partial charge in [-0.15, -0.1) is 0 Å². The van der Waals surface area contributed by atoms with Gasteiger partial charge in [0.05, 0.1) is 0 Å². The van der Waals surface area contributed by atoms with Crippen LogP contribution in [0.15, 0.2) is 48.5 Å². The first kappa shape index (κ1) is 13.5. The van der Waals surface area contributed by atoms with Crippen molar-refractivity contribution in [1.29, 1.82) is 0 Å². The summed E-state index contributed by atoms with van der Waals surface area (Å²) < 4.78 is 13.0. The lowest BCUT2D eigenvalue weighted by molar-refractivity contribution is -0.133. The van der Waals surface area contributed by atoms with E-state index in [1.807, 2.05) is 11.0 Å². The molecule has 0 saturated heterocycles. The summed E-state index contributed by atoms with van der Waals surface area (Å²) in [7, 11) is 0. The first-order chi connectivity index (χ1) is 10.7. The van der Waals surface area contributed by atoms with E-state index in [1.165, 1.54) is 23.3 Å². The van der Waals surface area contributed by atoms with Crippen molar-refractivity contribution >= 4 is 5.91 Å². The highest BCUT2D eigenvalue weighted by molar-refractivity contribution is 5.83. The number of halogens is 1. The van der Waals surface area contributed by atoms with Crippen LogP contribution in [0.2, 0.25) is 0 Å². The standard InChI is InChI=1S/C19H18FNO/c20-16-7-5-14(6-8-16)17-11-18(17)19(22)21-10-9-13-3-1-2-4-15(13)12-21/h1-8,17-18H,9-12H2. The molecule has 2 atom stereocenters. The third kappa shape index (κ3) is 2.41. The number of nitrogens with zero attached hydrogens (tertiary/aromatic N) is 1. The Hall–Kier alpha value is -2.16. The van der Waals surface area contributed by atoms with Gasteiger partial charge in [-0.05, 0) is 47.6 Å². The number of rotatable bonds is 2. The summed E-state index contributed by atoms with van der Waals surface area (Å²) in [6.07, 6.45) is 1.83. The molecule has 1 fully saturated rings. The van der Waals surface area contributed by atoms with Crippen molar-refractivity contribution in [3.63, 3.8) is 0 Å². The van der Waals surface area contributed by atoms with E-state index in [1.54, 1.807) is 12.1 Å². The fraction of sp³-hybridized carbons (Fsp3) is 0.316. The van der Waals surface area contributed by atoms with Gasteiger partial charge in [-0.2, -0.15) is 0 Å². The van der Waals surface area contributed by atoms with Crippen molar-refractivity contribution in [1.82, 2.24) is 4.90 Å². The normalized spacial score (nSPS) is 23.0. The molecule has 2 nitrogen and oxygen atoms in total. The van der Waals surface area contributed by atoms with Crippen LogP contribution in [0.3, 0.4) is 0 Å². The molecule has 2 unspecified atom stereocenters. The number of hydrogen-bond donors (Lipinski definition) is 0. The maximum absolute atomic E-state index is 13.0. The average molecular weight is 295 g/mol. The highest BCUT2D eigenvalue weighted by atomic mass is 19.1. The maximum Gasteiger partial charge on any atom is 0.226 e. The summed E-state index contributed by atoms with van der Waals surface area (Å²) in [6.45, 7) is 1.53. The highest BCUT2D eigenvalue weighted by Crippen LogP contribution is 2.48. The Kier molecular flexibility index (Phi) is 3.21. The van der Waals surface area contributed by atoms with Gasteiger partial charge in [-0.3, -0.25) is 4.79 Å². The lowest BCUT2D eigenvalue weighted by Gasteiger charge is -2.29. The Morgan fingerprint density at radius 3 is 2.55 bits per heavy atom. The molecule has 1 aliphatic carbocycles. The topological polar surface area (TPSA) is 20.3 Å². The van der Waals surface area contributed by atoms with E-state index in [-0.39, 0.29) is 23.6 Å². The molecule has 0 radical (unpaired) electrons. The first-order valence-electron chi connectivity index (χ1n) is 7.83. The Morgan fingerprint density at radius 2 is 1.77 bits per heavy atom. The van der Waals surface area contributed by atoms with Gasteiger partial charge < -0.3 is 4.90 Å². The molecule has 1 heterocycles. The van der Waals surface area contributed by atoms with Crippen molar-refractivity contribution in [2.45, 2.75) is 25.3 Å². The van der Waals surface area contributed by atoms with Gasteiger partial charge in [0.25, 0.3) is 0 Å². The van der Waals surface area contributed by atoms with E-state index in [9.17, 15) is 9.18 Å². The molecule has 22 heavy (non-hydrogen) atoms. The molecule has 1 amide bonds. The van der Waals surface area contributed by atoms with Gasteiger partial charge in [-0.25, -0.2) is 4.39 Å². The zero-order valence-electron chi connectivity index (χ0n) is 12.3. The molecule has 2 aromatic rings. The lowest BCUT2D eigenvalue weighted by Crippen LogP contribution is -2.37. The Balaban J connectivity index is 1.45. The van der Waals surface area contributed by atoms with Crippen LogP contribution in [0.1, 0.15) is 29.0 Å². The SMILES string of the molecule is O=C(C1CC1c1ccc(F)cc1)N1CCc2ccccc2C1. The van der Waals surface area contributed by atoms with Crippen LogP contribution in [0.4, 0.5) is 4.39 Å². The Morgan fingerprint density at radius 1 is 1.05 bits per heavy atom. The molecule has 4 rings (SSSR count). The minimum Gasteiger partial charge on any atom is -0.338 e. The van der Waals surface area contributed by atoms with Crippen LogP contribution in [0.25, 0.3) is 0 Å². The molecule has 2 aromatic carbocycles. The molecule has 0 N–H and O–H groups in total. The van der Waals surface area contributed by atoms with Crippen molar-refractivity contribution in [3.8, 4) is 0 Å². The van der Waals surface area contributed by atoms with Crippen LogP contribution >= 0.6 is 0 Å². The second-order valence-corrected chi connectivity index (χ2v) is 6.28. The van der Waals surface area contributed by atoms with Gasteiger partial charge >= 0.3 is 0 Å². The second kappa shape index (κ2) is 5.24. The molecule has 112 valence electrons. The lowest BCUT2D eigenvalue weighted by atomic mass is 9.99. The summed E-state index contributed by atoms with van der Waals surface area (Å²) in [5, 5.41) is 0. The van der Waals surface area contributed by atoms with Gasteiger partial charge in [-0.1, -0.05) is 36.4 Å². The Labute approximate surface area is 129 Å². The number of benzene rings is 2. The summed E-state index contributed by atoms with van der Waals surface area (Å²) >= 11 is 0. The number of hydrogen-bond acceptors (Lipinski definition) is 1. The smallest absolute Gasteiger partial charge is 0.226 e. The van der Waals surface area contributed by atoms with Crippen LogP contribution in [0.5, 0.6) is 0 Å². The molecular formula is C19H18FNO. The van der Waals surface area contributed by atoms with Crippen molar-refractivity contribution in [3.05, 3.63) is 71.0 Å². The number of carbonyl (C=O) groups excluding carboxylic acids is 1. The van der Waals surface area contributed by atoms with E-state index >= 15 is 0 Å². The van der Waals surface area contributed by atoms with Crippen LogP contribution in [-0.2, 0) is 17.8 Å². The highest BCUT2D eigenvalue weighted by Gasteiger charge is 2.46. The van der Waals surface area contributed by atoms with E-state index < -0.39 is 0 Å². The quantitative estimate of drug-likeness (QED) is 0.830. The van der Waals surface area contributed by atoms with Crippen LogP contribution in [0, 0.1) is 11.7 Å². The van der Waals surface area contributed by atoms with Gasteiger partial charge in [0.15, 0.2) is 0 Å². The minimum atomic E-state index is -0.222. The fourth-order valence-corrected chi connectivity index (χ4v) is 3.46. The Bertz CT molecular complexity index is 710. The van der Waals surface area contributed by atoms with Crippen molar-refractivity contribution < 1.29 is 9.18 Å². The van der Waals surface area contributed by atoms with Gasteiger partial charge in [0.2, 0.25) is 5.91 Å². The van der Waals surface area contributed by atoms with E-state index in [4.69, 9.17) is 0 Å². The van der Waals surface area contributed by atoms with E-state index in [2.05, 4.69) is 18.2 Å². The average Bonchev–Trinajstić information content (AvgIpc) is 3.35. The second-order valence-electron chi connectivity index (χ2n) is 6.28. The fourth-order valence-electron chi connectivity index (χ4n) is 3.46. The van der Waals surface area contributed by atoms with E-state index in [0.717, 1.165) is 31.5 Å². The minimum absolute atomic E-state index is 0.0794. The summed E-state index contributed by atoms with van der Waals surface area (Å²) in [6, 6.07) is 14.9. The van der Waals surface area contributed by atoms with Gasteiger partial charge in [0, 0.05) is 19.0 Å². The van der Waals surface area contributed by atoms with Crippen molar-refractivity contribution in [2.75, 3.05) is 6.54 Å². The van der Waals surface area contributed by atoms with Crippen LogP contribution < -0.4 is 0 Å². The first-order valence-corrected chi connectivity index (χ1v) is 7.83. The van der Waals surface area contributed by atoms with Crippen LogP contribution in [-0.4, -0.2) is 17.4 Å². The summed E-state index contributed by atoms with van der Waals surface area (Å²) in [5.41, 5.74) is 3.70. The zero-order valence-corrected chi connectivity index (χ0v) is 12.3. The number of fused-ring (bicyclic) bond motifs is 1. The third-order valence-electron chi connectivity index (χ3n) is 4.85. The molecular weight excluding hydrogens is 277 g/mol. The maximum atomic E-state index is 13.0. The molecule has 3 heteroatoms. The molecule has 1 aliphatic heterocycles. The van der Waals surface area contributed by atoms with E-state index in [0.29, 0.717) is 0 Å². The monoisotopic (exact) mass is 295 g/mol. The largest absolute Gasteiger partial charge is 0.338 e. The van der Waals surface area contributed by atoms with Gasteiger partial charge in [0.1, 0.15) is 5.82 Å². The van der Waals surface area contributed by atoms with Crippen molar-refractivity contribution in [2.24, 2.45) is 5.92 Å². The predicted molar refractivity (Wildman–Crippen MR) is 82.8 cm³/mol. The summed E-state index contributed by atoms with van der Waals surface area (Å²) in [5.74, 6) is 0.379. The molecule has 0 aromatic heterocycles. The predicted octanol–water partition coefficient (Wildman–Crippen LogP) is 3.51. The third-order valence-corrected chi connectivity index (χ3v) is 4.85. The molecule has 0 bridgehead atoms.